The summed E-state index contributed by atoms with van der Waals surface area (Å²) in [4.78, 5) is 36.8. The third kappa shape index (κ3) is 7.03. The van der Waals surface area contributed by atoms with Crippen molar-refractivity contribution in [3.8, 4) is 11.1 Å². The number of hydrogen-bond donors (Lipinski definition) is 3. The monoisotopic (exact) mass is 530 g/mol. The summed E-state index contributed by atoms with van der Waals surface area (Å²) in [6.45, 7) is 3.95. The predicted molar refractivity (Wildman–Crippen MR) is 147 cm³/mol. The number of carboxylic acid groups (broad SMARTS) is 1. The van der Waals surface area contributed by atoms with Crippen LogP contribution in [-0.4, -0.2) is 48.4 Å². The number of carbonyl (C=O) groups excluding carboxylic acids is 2. The number of hydrogen-bond acceptors (Lipinski definition) is 5. The third-order valence-corrected chi connectivity index (χ3v) is 7.03. The Balaban J connectivity index is 1.21. The van der Waals surface area contributed by atoms with Crippen molar-refractivity contribution in [2.45, 2.75) is 44.9 Å². The van der Waals surface area contributed by atoms with Crippen LogP contribution >= 0.6 is 0 Å². The van der Waals surface area contributed by atoms with Gasteiger partial charge < -0.3 is 25.2 Å². The van der Waals surface area contributed by atoms with E-state index in [1.807, 2.05) is 54.6 Å². The van der Waals surface area contributed by atoms with Crippen LogP contribution in [0, 0.1) is 5.92 Å². The summed E-state index contributed by atoms with van der Waals surface area (Å²) >= 11 is 0. The minimum Gasteiger partial charge on any atom is -0.480 e. The number of rotatable bonds is 12. The van der Waals surface area contributed by atoms with Crippen LogP contribution in [0.15, 0.2) is 78.9 Å². The molecule has 3 atom stereocenters. The fourth-order valence-corrected chi connectivity index (χ4v) is 4.74. The molecular weight excluding hydrogens is 496 g/mol. The third-order valence-electron chi connectivity index (χ3n) is 7.03. The van der Waals surface area contributed by atoms with Crippen LogP contribution in [-0.2, 0) is 25.7 Å². The number of aliphatic carboxylic acids is 1. The van der Waals surface area contributed by atoms with E-state index in [0.717, 1.165) is 27.8 Å². The summed E-state index contributed by atoms with van der Waals surface area (Å²) in [7, 11) is 0. The van der Waals surface area contributed by atoms with E-state index in [4.69, 9.17) is 9.47 Å². The normalized spacial score (nSPS) is 14.4. The summed E-state index contributed by atoms with van der Waals surface area (Å²) in [5.74, 6) is -2.16. The standard InChI is InChI=1S/C31H34N2O6/c1-20(29(34)33-28(30(35)36)21(2)38-18-22-10-4-3-5-11-22)16-17-32-31(37)39-19-27-25-14-8-6-12-23(25)24-13-7-9-15-26(24)27/h3-15,20-21,27-28H,16-19H2,1-2H3,(H,32,37)(H,33,34)(H,35,36)/t20?,21-,28+/m0/s1. The highest BCUT2D eigenvalue weighted by Crippen LogP contribution is 2.44. The number of benzene rings is 3. The molecule has 39 heavy (non-hydrogen) atoms. The summed E-state index contributed by atoms with van der Waals surface area (Å²) in [6.07, 6.45) is -0.977. The molecule has 0 saturated heterocycles. The minimum atomic E-state index is -1.20. The maximum atomic E-state index is 12.7. The van der Waals surface area contributed by atoms with E-state index in [1.54, 1.807) is 13.8 Å². The first-order valence-electron chi connectivity index (χ1n) is 13.1. The Bertz CT molecular complexity index is 1250. The molecule has 0 saturated carbocycles. The first kappa shape index (κ1) is 27.9. The highest BCUT2D eigenvalue weighted by Gasteiger charge is 2.30. The van der Waals surface area contributed by atoms with Gasteiger partial charge in [0.25, 0.3) is 0 Å². The molecule has 8 heteroatoms. The Labute approximate surface area is 228 Å². The molecule has 1 aliphatic carbocycles. The van der Waals surface area contributed by atoms with Gasteiger partial charge in [-0.1, -0.05) is 85.8 Å². The molecule has 0 radical (unpaired) electrons. The van der Waals surface area contributed by atoms with Crippen LogP contribution in [0.5, 0.6) is 0 Å². The molecule has 204 valence electrons. The van der Waals surface area contributed by atoms with Crippen molar-refractivity contribution in [3.05, 3.63) is 95.6 Å². The van der Waals surface area contributed by atoms with Crippen molar-refractivity contribution in [1.82, 2.24) is 10.6 Å². The quantitative estimate of drug-likeness (QED) is 0.312. The molecule has 0 bridgehead atoms. The van der Waals surface area contributed by atoms with Crippen molar-refractivity contribution in [1.29, 1.82) is 0 Å². The smallest absolute Gasteiger partial charge is 0.407 e. The van der Waals surface area contributed by atoms with E-state index in [-0.39, 0.29) is 25.7 Å². The number of fused-ring (bicyclic) bond motifs is 3. The largest absolute Gasteiger partial charge is 0.480 e. The van der Waals surface area contributed by atoms with Crippen molar-refractivity contribution in [2.24, 2.45) is 5.92 Å². The Morgan fingerprint density at radius 2 is 1.46 bits per heavy atom. The van der Waals surface area contributed by atoms with Gasteiger partial charge in [0.15, 0.2) is 6.04 Å². The minimum absolute atomic E-state index is 0.0353. The zero-order valence-corrected chi connectivity index (χ0v) is 22.1. The molecule has 0 heterocycles. The molecule has 4 rings (SSSR count). The second-order valence-corrected chi connectivity index (χ2v) is 9.77. The lowest BCUT2D eigenvalue weighted by Crippen LogP contribution is -2.50. The van der Waals surface area contributed by atoms with Gasteiger partial charge in [0.05, 0.1) is 12.7 Å². The number of nitrogens with one attached hydrogen (secondary N) is 2. The lowest BCUT2D eigenvalue weighted by molar-refractivity contribution is -0.147. The van der Waals surface area contributed by atoms with Crippen LogP contribution in [0.3, 0.4) is 0 Å². The molecule has 1 unspecified atom stereocenters. The molecule has 3 N–H and O–H groups in total. The molecular formula is C31H34N2O6. The molecule has 8 nitrogen and oxygen atoms in total. The number of alkyl carbamates (subject to hydrolysis) is 1. The number of carboxylic acids is 1. The number of carbonyl (C=O) groups is 3. The van der Waals surface area contributed by atoms with E-state index in [0.29, 0.717) is 6.42 Å². The van der Waals surface area contributed by atoms with Gasteiger partial charge in [0.2, 0.25) is 5.91 Å². The van der Waals surface area contributed by atoms with Gasteiger partial charge in [-0.05, 0) is 41.2 Å². The molecule has 3 aromatic rings. The Hall–Kier alpha value is -4.17. The molecule has 0 aromatic heterocycles. The molecule has 0 spiro atoms. The first-order valence-corrected chi connectivity index (χ1v) is 13.1. The molecule has 0 fully saturated rings. The van der Waals surface area contributed by atoms with E-state index in [1.165, 1.54) is 0 Å². The van der Waals surface area contributed by atoms with Crippen molar-refractivity contribution in [3.63, 3.8) is 0 Å². The number of ether oxygens (including phenoxy) is 2. The van der Waals surface area contributed by atoms with Crippen LogP contribution in [0.25, 0.3) is 11.1 Å². The molecule has 1 aliphatic rings. The van der Waals surface area contributed by atoms with Gasteiger partial charge in [-0.2, -0.15) is 0 Å². The van der Waals surface area contributed by atoms with Gasteiger partial charge in [-0.15, -0.1) is 0 Å². The van der Waals surface area contributed by atoms with Gasteiger partial charge in [-0.25, -0.2) is 9.59 Å². The first-order chi connectivity index (χ1) is 18.8. The van der Waals surface area contributed by atoms with E-state index in [9.17, 15) is 19.5 Å². The average molecular weight is 531 g/mol. The second kappa shape index (κ2) is 13.1. The van der Waals surface area contributed by atoms with E-state index < -0.39 is 36.0 Å². The van der Waals surface area contributed by atoms with E-state index in [2.05, 4.69) is 34.9 Å². The van der Waals surface area contributed by atoms with Gasteiger partial charge in [0, 0.05) is 18.4 Å². The summed E-state index contributed by atoms with van der Waals surface area (Å²) < 4.78 is 11.2. The van der Waals surface area contributed by atoms with Gasteiger partial charge >= 0.3 is 12.1 Å². The Kier molecular flexibility index (Phi) is 9.33. The second-order valence-electron chi connectivity index (χ2n) is 9.77. The predicted octanol–water partition coefficient (Wildman–Crippen LogP) is 4.73. The SMILES string of the molecule is CC(CCNC(=O)OCC1c2ccccc2-c2ccccc21)C(=O)N[C@@H](C(=O)O)[C@H](C)OCc1ccccc1. The molecule has 3 aromatic carbocycles. The average Bonchev–Trinajstić information content (AvgIpc) is 3.27. The van der Waals surface area contributed by atoms with Crippen molar-refractivity contribution in [2.75, 3.05) is 13.2 Å². The molecule has 0 aliphatic heterocycles. The summed E-state index contributed by atoms with van der Waals surface area (Å²) in [5, 5.41) is 14.9. The Morgan fingerprint density at radius 3 is 2.08 bits per heavy atom. The zero-order valence-electron chi connectivity index (χ0n) is 22.1. The highest BCUT2D eigenvalue weighted by molar-refractivity contribution is 5.85. The van der Waals surface area contributed by atoms with Crippen LogP contribution in [0.4, 0.5) is 4.79 Å². The van der Waals surface area contributed by atoms with Crippen molar-refractivity contribution < 1.29 is 29.0 Å². The summed E-state index contributed by atoms with van der Waals surface area (Å²) in [6, 6.07) is 24.4. The van der Waals surface area contributed by atoms with Crippen molar-refractivity contribution >= 4 is 18.0 Å². The Morgan fingerprint density at radius 1 is 0.872 bits per heavy atom. The van der Waals surface area contributed by atoms with Crippen LogP contribution in [0.1, 0.15) is 42.9 Å². The molecule has 2 amide bonds. The number of amides is 2. The maximum absolute atomic E-state index is 12.7. The highest BCUT2D eigenvalue weighted by atomic mass is 16.5. The van der Waals surface area contributed by atoms with Gasteiger partial charge in [0.1, 0.15) is 6.61 Å². The fourth-order valence-electron chi connectivity index (χ4n) is 4.74. The van der Waals surface area contributed by atoms with Crippen LogP contribution < -0.4 is 10.6 Å². The lowest BCUT2D eigenvalue weighted by Gasteiger charge is -2.23. The summed E-state index contributed by atoms with van der Waals surface area (Å²) in [5.41, 5.74) is 5.48. The fraction of sp³-hybridized carbons (Fsp3) is 0.323. The lowest BCUT2D eigenvalue weighted by atomic mass is 9.98. The topological polar surface area (TPSA) is 114 Å². The zero-order chi connectivity index (χ0) is 27.8. The van der Waals surface area contributed by atoms with E-state index >= 15 is 0 Å². The van der Waals surface area contributed by atoms with Crippen LogP contribution in [0.2, 0.25) is 0 Å². The maximum Gasteiger partial charge on any atom is 0.407 e. The van der Waals surface area contributed by atoms with Gasteiger partial charge in [-0.3, -0.25) is 4.79 Å².